The zero-order chi connectivity index (χ0) is 17.6. The molecule has 1 aromatic carbocycles. The van der Waals surface area contributed by atoms with Crippen molar-refractivity contribution in [3.63, 3.8) is 0 Å². The van der Waals surface area contributed by atoms with E-state index in [9.17, 15) is 4.79 Å². The lowest BCUT2D eigenvalue weighted by Gasteiger charge is -2.39. The number of hydrogen-bond acceptors (Lipinski definition) is 3. The number of halogens is 1. The predicted molar refractivity (Wildman–Crippen MR) is 103 cm³/mol. The minimum absolute atomic E-state index is 0.00594. The number of nitrogens with zero attached hydrogens (tertiary/aromatic N) is 3. The van der Waals surface area contributed by atoms with Crippen LogP contribution in [0.3, 0.4) is 0 Å². The number of amides is 1. The first-order chi connectivity index (χ1) is 12.1. The van der Waals surface area contributed by atoms with Crippen LogP contribution in [0.4, 0.5) is 0 Å². The van der Waals surface area contributed by atoms with Gasteiger partial charge in [0.1, 0.15) is 0 Å². The quantitative estimate of drug-likeness (QED) is 0.821. The molecule has 0 radical (unpaired) electrons. The Balaban J connectivity index is 1.48. The van der Waals surface area contributed by atoms with Gasteiger partial charge in [-0.15, -0.1) is 0 Å². The van der Waals surface area contributed by atoms with Gasteiger partial charge in [0.25, 0.3) is 0 Å². The molecule has 0 N–H and O–H groups in total. The van der Waals surface area contributed by atoms with Crippen molar-refractivity contribution in [1.82, 2.24) is 14.7 Å². The Morgan fingerprint density at radius 2 is 1.72 bits per heavy atom. The number of carbonyl (C=O) groups is 1. The fourth-order valence-corrected chi connectivity index (χ4v) is 4.13. The van der Waals surface area contributed by atoms with Gasteiger partial charge in [0.15, 0.2) is 0 Å². The van der Waals surface area contributed by atoms with Crippen molar-refractivity contribution >= 4 is 17.5 Å². The van der Waals surface area contributed by atoms with Gasteiger partial charge in [-0.25, -0.2) is 0 Å². The maximum Gasteiger partial charge on any atom is 0.239 e. The SMILES string of the molecule is CC(C(=O)N1CCCCCC1)N1CCN(Cc2cccc(Cl)c2)CC1. The van der Waals surface area contributed by atoms with Crippen LogP contribution in [0, 0.1) is 0 Å². The summed E-state index contributed by atoms with van der Waals surface area (Å²) in [6.07, 6.45) is 4.85. The van der Waals surface area contributed by atoms with E-state index in [1.807, 2.05) is 18.2 Å². The molecule has 5 heteroatoms. The van der Waals surface area contributed by atoms with Crippen LogP contribution in [0.25, 0.3) is 0 Å². The highest BCUT2D eigenvalue weighted by Crippen LogP contribution is 2.16. The number of rotatable bonds is 4. The Morgan fingerprint density at radius 1 is 1.04 bits per heavy atom. The van der Waals surface area contributed by atoms with Crippen molar-refractivity contribution in [2.45, 2.75) is 45.2 Å². The highest BCUT2D eigenvalue weighted by atomic mass is 35.5. The third-order valence-electron chi connectivity index (χ3n) is 5.52. The Kier molecular flexibility index (Phi) is 6.74. The van der Waals surface area contributed by atoms with E-state index < -0.39 is 0 Å². The Hall–Kier alpha value is -1.10. The van der Waals surface area contributed by atoms with E-state index in [1.165, 1.54) is 18.4 Å². The molecule has 0 saturated carbocycles. The number of benzene rings is 1. The molecule has 2 fully saturated rings. The molecular weight excluding hydrogens is 334 g/mol. The molecule has 1 aromatic rings. The predicted octanol–water partition coefficient (Wildman–Crippen LogP) is 3.25. The fourth-order valence-electron chi connectivity index (χ4n) is 3.91. The molecule has 25 heavy (non-hydrogen) atoms. The van der Waals surface area contributed by atoms with Gasteiger partial charge in [0, 0.05) is 50.8 Å². The lowest BCUT2D eigenvalue weighted by Crippen LogP contribution is -2.54. The molecule has 1 atom stereocenters. The smallest absolute Gasteiger partial charge is 0.239 e. The molecule has 2 saturated heterocycles. The zero-order valence-corrected chi connectivity index (χ0v) is 16.0. The normalized spacial score (nSPS) is 21.8. The second-order valence-corrected chi connectivity index (χ2v) is 7.79. The molecule has 2 aliphatic rings. The molecule has 2 aliphatic heterocycles. The molecule has 4 nitrogen and oxygen atoms in total. The maximum atomic E-state index is 12.8. The van der Waals surface area contributed by atoms with E-state index >= 15 is 0 Å². The van der Waals surface area contributed by atoms with Crippen molar-refractivity contribution < 1.29 is 4.79 Å². The van der Waals surface area contributed by atoms with E-state index in [0.29, 0.717) is 5.91 Å². The van der Waals surface area contributed by atoms with Crippen LogP contribution in [0.15, 0.2) is 24.3 Å². The monoisotopic (exact) mass is 363 g/mol. The Morgan fingerprint density at radius 3 is 2.36 bits per heavy atom. The van der Waals surface area contributed by atoms with Crippen LogP contribution in [-0.2, 0) is 11.3 Å². The van der Waals surface area contributed by atoms with Crippen molar-refractivity contribution in [2.24, 2.45) is 0 Å². The summed E-state index contributed by atoms with van der Waals surface area (Å²) in [5.74, 6) is 0.324. The summed E-state index contributed by atoms with van der Waals surface area (Å²) in [4.78, 5) is 19.7. The van der Waals surface area contributed by atoms with Crippen molar-refractivity contribution in [3.8, 4) is 0 Å². The standard InChI is InChI=1S/C20H30ClN3O/c1-17(20(25)24-9-4-2-3-5-10-24)23-13-11-22(12-14-23)16-18-7-6-8-19(21)15-18/h6-8,15,17H,2-5,9-14,16H2,1H3. The first-order valence-corrected chi connectivity index (χ1v) is 10.0. The Labute approximate surface area is 156 Å². The summed E-state index contributed by atoms with van der Waals surface area (Å²) in [5, 5.41) is 0.799. The molecule has 3 rings (SSSR count). The number of likely N-dealkylation sites (tertiary alicyclic amines) is 1. The van der Waals surface area contributed by atoms with Gasteiger partial charge < -0.3 is 4.90 Å². The van der Waals surface area contributed by atoms with Crippen LogP contribution in [0.2, 0.25) is 5.02 Å². The number of hydrogen-bond donors (Lipinski definition) is 0. The molecule has 0 aromatic heterocycles. The van der Waals surface area contributed by atoms with Crippen LogP contribution in [0.1, 0.15) is 38.2 Å². The summed E-state index contributed by atoms with van der Waals surface area (Å²) < 4.78 is 0. The minimum Gasteiger partial charge on any atom is -0.341 e. The first kappa shape index (κ1) is 18.7. The Bertz CT molecular complexity index is 564. The summed E-state index contributed by atoms with van der Waals surface area (Å²) >= 11 is 6.08. The van der Waals surface area contributed by atoms with Gasteiger partial charge in [0.2, 0.25) is 5.91 Å². The van der Waals surface area contributed by atoms with E-state index in [2.05, 4.69) is 27.7 Å². The summed E-state index contributed by atoms with van der Waals surface area (Å²) in [6, 6.07) is 8.10. The van der Waals surface area contributed by atoms with Gasteiger partial charge in [-0.1, -0.05) is 36.6 Å². The van der Waals surface area contributed by atoms with Crippen LogP contribution < -0.4 is 0 Å². The maximum absolute atomic E-state index is 12.8. The third kappa shape index (κ3) is 5.19. The molecule has 138 valence electrons. The van der Waals surface area contributed by atoms with Crippen molar-refractivity contribution in [3.05, 3.63) is 34.9 Å². The summed E-state index contributed by atoms with van der Waals surface area (Å²) in [7, 11) is 0. The highest BCUT2D eigenvalue weighted by molar-refractivity contribution is 6.30. The second-order valence-electron chi connectivity index (χ2n) is 7.36. The highest BCUT2D eigenvalue weighted by Gasteiger charge is 2.28. The third-order valence-corrected chi connectivity index (χ3v) is 5.76. The van der Waals surface area contributed by atoms with Gasteiger partial charge in [-0.2, -0.15) is 0 Å². The minimum atomic E-state index is 0.00594. The molecule has 0 spiro atoms. The van der Waals surface area contributed by atoms with E-state index in [-0.39, 0.29) is 6.04 Å². The van der Waals surface area contributed by atoms with Crippen LogP contribution in [0.5, 0.6) is 0 Å². The second kappa shape index (κ2) is 9.02. The lowest BCUT2D eigenvalue weighted by molar-refractivity contribution is -0.137. The fraction of sp³-hybridized carbons (Fsp3) is 0.650. The van der Waals surface area contributed by atoms with Gasteiger partial charge >= 0.3 is 0 Å². The van der Waals surface area contributed by atoms with Crippen LogP contribution in [-0.4, -0.2) is 65.9 Å². The molecule has 1 amide bonds. The van der Waals surface area contributed by atoms with E-state index in [1.54, 1.807) is 0 Å². The number of carbonyl (C=O) groups excluding carboxylic acids is 1. The average molecular weight is 364 g/mol. The number of piperazine rings is 1. The summed E-state index contributed by atoms with van der Waals surface area (Å²) in [6.45, 7) is 8.83. The molecular formula is C20H30ClN3O. The lowest BCUT2D eigenvalue weighted by atomic mass is 10.1. The largest absolute Gasteiger partial charge is 0.341 e. The zero-order valence-electron chi connectivity index (χ0n) is 15.3. The average Bonchev–Trinajstić information content (AvgIpc) is 2.90. The van der Waals surface area contributed by atoms with Gasteiger partial charge in [-0.3, -0.25) is 14.6 Å². The van der Waals surface area contributed by atoms with E-state index in [0.717, 1.165) is 63.7 Å². The van der Waals surface area contributed by atoms with E-state index in [4.69, 9.17) is 11.6 Å². The van der Waals surface area contributed by atoms with Gasteiger partial charge in [-0.05, 0) is 37.5 Å². The topological polar surface area (TPSA) is 26.8 Å². The molecule has 0 aliphatic carbocycles. The molecule has 1 unspecified atom stereocenters. The van der Waals surface area contributed by atoms with Crippen molar-refractivity contribution in [2.75, 3.05) is 39.3 Å². The molecule has 2 heterocycles. The molecule has 0 bridgehead atoms. The summed E-state index contributed by atoms with van der Waals surface area (Å²) in [5.41, 5.74) is 1.26. The van der Waals surface area contributed by atoms with Crippen molar-refractivity contribution in [1.29, 1.82) is 0 Å². The van der Waals surface area contributed by atoms with Crippen LogP contribution >= 0.6 is 11.6 Å². The van der Waals surface area contributed by atoms with Gasteiger partial charge in [0.05, 0.1) is 6.04 Å². The first-order valence-electron chi connectivity index (χ1n) is 9.63.